The summed E-state index contributed by atoms with van der Waals surface area (Å²) in [5.74, 6) is -0.128. The van der Waals surface area contributed by atoms with Crippen LogP contribution < -0.4 is 5.32 Å². The Morgan fingerprint density at radius 1 is 1.11 bits per heavy atom. The van der Waals surface area contributed by atoms with Crippen molar-refractivity contribution in [2.45, 2.75) is 13.3 Å². The van der Waals surface area contributed by atoms with Gasteiger partial charge in [0.25, 0.3) is 5.91 Å². The first-order valence-corrected chi connectivity index (χ1v) is 9.21. The molecule has 0 saturated heterocycles. The van der Waals surface area contributed by atoms with Crippen LogP contribution in [0.2, 0.25) is 0 Å². The third-order valence-electron chi connectivity index (χ3n) is 4.68. The Labute approximate surface area is 163 Å². The van der Waals surface area contributed by atoms with E-state index in [1.54, 1.807) is 10.9 Å². The number of nitrogens with one attached hydrogen (secondary N) is 1. The molecular weight excluding hydrogens is 350 g/mol. The van der Waals surface area contributed by atoms with Crippen molar-refractivity contribution in [3.05, 3.63) is 77.7 Å². The number of hydrogen-bond acceptors (Lipinski definition) is 4. The standard InChI is InChI=1S/C22H21N5O/c1-15-20-18(22(28)24-13-11-17-10-6-7-12-23-17)14-19(16-8-4-3-5-9-16)25-21(20)27(2)26-15/h3-10,12,14H,11,13H2,1-2H3,(H,24,28). The number of aryl methyl sites for hydroxylation is 2. The fraction of sp³-hybridized carbons (Fsp3) is 0.182. The first-order chi connectivity index (χ1) is 13.6. The molecule has 0 radical (unpaired) electrons. The van der Waals surface area contributed by atoms with Crippen molar-refractivity contribution < 1.29 is 4.79 Å². The second-order valence-electron chi connectivity index (χ2n) is 6.66. The number of carbonyl (C=O) groups excluding carboxylic acids is 1. The average molecular weight is 371 g/mol. The highest BCUT2D eigenvalue weighted by Gasteiger charge is 2.19. The van der Waals surface area contributed by atoms with Crippen LogP contribution in [0.5, 0.6) is 0 Å². The number of hydrogen-bond donors (Lipinski definition) is 1. The highest BCUT2D eigenvalue weighted by molar-refractivity contribution is 6.07. The Morgan fingerprint density at radius 3 is 2.64 bits per heavy atom. The van der Waals surface area contributed by atoms with Crippen LogP contribution in [-0.2, 0) is 13.5 Å². The van der Waals surface area contributed by atoms with Crippen LogP contribution >= 0.6 is 0 Å². The maximum absolute atomic E-state index is 13.0. The Morgan fingerprint density at radius 2 is 1.89 bits per heavy atom. The van der Waals surface area contributed by atoms with E-state index in [2.05, 4.69) is 15.4 Å². The molecule has 0 aliphatic carbocycles. The molecule has 3 aromatic heterocycles. The molecule has 4 rings (SSSR count). The summed E-state index contributed by atoms with van der Waals surface area (Å²) in [7, 11) is 1.85. The first kappa shape index (κ1) is 17.9. The summed E-state index contributed by atoms with van der Waals surface area (Å²) in [5, 5.41) is 8.26. The number of fused-ring (bicyclic) bond motifs is 1. The van der Waals surface area contributed by atoms with Crippen molar-refractivity contribution in [2.75, 3.05) is 6.54 Å². The van der Waals surface area contributed by atoms with Crippen molar-refractivity contribution in [1.29, 1.82) is 0 Å². The van der Waals surface area contributed by atoms with Crippen molar-refractivity contribution in [1.82, 2.24) is 25.1 Å². The Balaban J connectivity index is 1.67. The van der Waals surface area contributed by atoms with Gasteiger partial charge in [0.2, 0.25) is 0 Å². The fourth-order valence-electron chi connectivity index (χ4n) is 3.33. The van der Waals surface area contributed by atoms with Gasteiger partial charge >= 0.3 is 0 Å². The minimum Gasteiger partial charge on any atom is -0.352 e. The number of pyridine rings is 2. The van der Waals surface area contributed by atoms with E-state index >= 15 is 0 Å². The Hall–Kier alpha value is -3.54. The molecule has 0 aliphatic heterocycles. The minimum absolute atomic E-state index is 0.128. The zero-order valence-electron chi connectivity index (χ0n) is 15.9. The van der Waals surface area contributed by atoms with E-state index < -0.39 is 0 Å². The number of rotatable bonds is 5. The normalized spacial score (nSPS) is 10.9. The molecule has 0 spiro atoms. The minimum atomic E-state index is -0.128. The van der Waals surface area contributed by atoms with E-state index in [0.29, 0.717) is 24.2 Å². The number of benzene rings is 1. The topological polar surface area (TPSA) is 72.7 Å². The highest BCUT2D eigenvalue weighted by atomic mass is 16.1. The van der Waals surface area contributed by atoms with Crippen molar-refractivity contribution in [3.63, 3.8) is 0 Å². The summed E-state index contributed by atoms with van der Waals surface area (Å²) in [6.45, 7) is 2.41. The monoisotopic (exact) mass is 371 g/mol. The van der Waals surface area contributed by atoms with Gasteiger partial charge in [-0.3, -0.25) is 14.5 Å². The molecule has 0 atom stereocenters. The largest absolute Gasteiger partial charge is 0.352 e. The molecule has 140 valence electrons. The second kappa shape index (κ2) is 7.60. The van der Waals surface area contributed by atoms with E-state index in [1.165, 1.54) is 0 Å². The van der Waals surface area contributed by atoms with Gasteiger partial charge in [-0.1, -0.05) is 36.4 Å². The summed E-state index contributed by atoms with van der Waals surface area (Å²) in [5.41, 5.74) is 4.76. The molecular formula is C22H21N5O. The molecule has 0 bridgehead atoms. The van der Waals surface area contributed by atoms with Gasteiger partial charge in [-0.25, -0.2) is 4.98 Å². The van der Waals surface area contributed by atoms with Crippen molar-refractivity contribution in [3.8, 4) is 11.3 Å². The van der Waals surface area contributed by atoms with Crippen LogP contribution in [0.25, 0.3) is 22.3 Å². The van der Waals surface area contributed by atoms with E-state index in [4.69, 9.17) is 4.98 Å². The molecule has 1 N–H and O–H groups in total. The van der Waals surface area contributed by atoms with Crippen LogP contribution in [0, 0.1) is 6.92 Å². The number of nitrogens with zero attached hydrogens (tertiary/aromatic N) is 4. The predicted octanol–water partition coefficient (Wildman–Crippen LogP) is 3.31. The molecule has 0 unspecified atom stereocenters. The van der Waals surface area contributed by atoms with Crippen molar-refractivity contribution >= 4 is 16.9 Å². The molecule has 0 aliphatic rings. The van der Waals surface area contributed by atoms with Gasteiger partial charge in [-0.05, 0) is 25.1 Å². The zero-order valence-corrected chi connectivity index (χ0v) is 15.9. The smallest absolute Gasteiger partial charge is 0.252 e. The number of carbonyl (C=O) groups is 1. The quantitative estimate of drug-likeness (QED) is 0.584. The van der Waals surface area contributed by atoms with Crippen LogP contribution in [0.3, 0.4) is 0 Å². The lowest BCUT2D eigenvalue weighted by Gasteiger charge is -2.09. The lowest BCUT2D eigenvalue weighted by atomic mass is 10.0. The number of amides is 1. The van der Waals surface area contributed by atoms with Crippen LogP contribution in [0.1, 0.15) is 21.7 Å². The molecule has 3 heterocycles. The molecule has 0 fully saturated rings. The molecule has 28 heavy (non-hydrogen) atoms. The summed E-state index contributed by atoms with van der Waals surface area (Å²) in [6.07, 6.45) is 2.44. The maximum Gasteiger partial charge on any atom is 0.252 e. The fourth-order valence-corrected chi connectivity index (χ4v) is 3.33. The Bertz CT molecular complexity index is 1120. The van der Waals surface area contributed by atoms with Crippen LogP contribution in [-0.4, -0.2) is 32.2 Å². The van der Waals surface area contributed by atoms with E-state index in [1.807, 2.05) is 68.6 Å². The highest BCUT2D eigenvalue weighted by Crippen LogP contribution is 2.26. The SMILES string of the molecule is Cc1nn(C)c2nc(-c3ccccc3)cc(C(=O)NCCc3ccccn3)c12. The van der Waals surface area contributed by atoms with Gasteiger partial charge in [0.05, 0.1) is 22.3 Å². The molecule has 6 heteroatoms. The Kier molecular flexibility index (Phi) is 4.85. The second-order valence-corrected chi connectivity index (χ2v) is 6.66. The van der Waals surface area contributed by atoms with Gasteiger partial charge in [-0.15, -0.1) is 0 Å². The zero-order chi connectivity index (χ0) is 19.5. The summed E-state index contributed by atoms with van der Waals surface area (Å²) < 4.78 is 1.72. The van der Waals surface area contributed by atoms with E-state index in [0.717, 1.165) is 28.0 Å². The van der Waals surface area contributed by atoms with Crippen molar-refractivity contribution in [2.24, 2.45) is 7.05 Å². The summed E-state index contributed by atoms with van der Waals surface area (Å²) in [6, 6.07) is 17.5. The van der Waals surface area contributed by atoms with E-state index in [-0.39, 0.29) is 5.91 Å². The number of aromatic nitrogens is 4. The van der Waals surface area contributed by atoms with Crippen LogP contribution in [0.4, 0.5) is 0 Å². The predicted molar refractivity (Wildman–Crippen MR) is 109 cm³/mol. The van der Waals surface area contributed by atoms with Gasteiger partial charge in [0, 0.05) is 37.5 Å². The van der Waals surface area contributed by atoms with Gasteiger partial charge in [0.15, 0.2) is 5.65 Å². The van der Waals surface area contributed by atoms with Gasteiger partial charge in [0.1, 0.15) is 0 Å². The molecule has 0 saturated carbocycles. The summed E-state index contributed by atoms with van der Waals surface area (Å²) in [4.78, 5) is 22.0. The lowest BCUT2D eigenvalue weighted by molar-refractivity contribution is 0.0955. The molecule has 4 aromatic rings. The third-order valence-corrected chi connectivity index (χ3v) is 4.68. The van der Waals surface area contributed by atoms with E-state index in [9.17, 15) is 4.79 Å². The van der Waals surface area contributed by atoms with Gasteiger partial charge < -0.3 is 5.32 Å². The molecule has 1 aromatic carbocycles. The third kappa shape index (κ3) is 3.49. The molecule has 6 nitrogen and oxygen atoms in total. The summed E-state index contributed by atoms with van der Waals surface area (Å²) >= 11 is 0. The maximum atomic E-state index is 13.0. The first-order valence-electron chi connectivity index (χ1n) is 9.21. The lowest BCUT2D eigenvalue weighted by Crippen LogP contribution is -2.26. The molecule has 1 amide bonds. The average Bonchev–Trinajstić information content (AvgIpc) is 3.02. The van der Waals surface area contributed by atoms with Gasteiger partial charge in [-0.2, -0.15) is 5.10 Å². The van der Waals surface area contributed by atoms with Crippen LogP contribution in [0.15, 0.2) is 60.8 Å².